The van der Waals surface area contributed by atoms with Crippen molar-refractivity contribution in [3.8, 4) is 6.07 Å². The molecule has 1 aliphatic heterocycles. The number of hydrogen-bond acceptors (Lipinski definition) is 4. The monoisotopic (exact) mass is 483 g/mol. The Kier molecular flexibility index (Phi) is 5.49. The Hall–Kier alpha value is -1.05. The number of aliphatic hydroxyl groups is 2. The maximum atomic E-state index is 12.0. The van der Waals surface area contributed by atoms with E-state index in [4.69, 9.17) is 4.74 Å². The molecular formula is C31H49NO3. The lowest BCUT2D eigenvalue weighted by molar-refractivity contribution is -0.245. The summed E-state index contributed by atoms with van der Waals surface area (Å²) in [5, 5.41) is 32.9. The van der Waals surface area contributed by atoms with Crippen LogP contribution in [0, 0.1) is 56.7 Å². The number of allylic oxidation sites excluding steroid dienone is 2. The maximum Gasteiger partial charge on any atom is 0.112 e. The lowest BCUT2D eigenvalue weighted by atomic mass is 9.35. The van der Waals surface area contributed by atoms with Crippen LogP contribution in [0.15, 0.2) is 11.3 Å². The summed E-state index contributed by atoms with van der Waals surface area (Å²) in [5.74, 6) is 1.58. The standard InChI is InChI=1S/C31H49NO3/c1-26(2)12-9-13-31(8,35-26)20-10-14-30(7)24(20)21(33)16-23-28(5)17-19(18-32)25(34)27(3,4)22(28)11-15-29(23,30)6/h20-24,33-34H,9-17H2,1-8H3/t20-,21+,22-,23+,24-,28-,29+,30+,31+/m0/s1. The van der Waals surface area contributed by atoms with Gasteiger partial charge in [0.15, 0.2) is 0 Å². The van der Waals surface area contributed by atoms with Crippen molar-refractivity contribution in [3.63, 3.8) is 0 Å². The van der Waals surface area contributed by atoms with Gasteiger partial charge in [-0.25, -0.2) is 0 Å². The van der Waals surface area contributed by atoms with Crippen LogP contribution in [-0.4, -0.2) is 27.5 Å². The van der Waals surface area contributed by atoms with E-state index in [9.17, 15) is 15.5 Å². The van der Waals surface area contributed by atoms with E-state index in [1.54, 1.807) is 0 Å². The van der Waals surface area contributed by atoms with Gasteiger partial charge in [0.2, 0.25) is 0 Å². The first-order valence-corrected chi connectivity index (χ1v) is 14.3. The van der Waals surface area contributed by atoms with Gasteiger partial charge in [0.25, 0.3) is 0 Å². The quantitative estimate of drug-likeness (QED) is 0.409. The second-order valence-electron chi connectivity index (χ2n) is 15.3. The molecule has 4 fully saturated rings. The molecule has 0 aromatic rings. The van der Waals surface area contributed by atoms with Crippen LogP contribution in [0.4, 0.5) is 0 Å². The summed E-state index contributed by atoms with van der Waals surface area (Å²) in [6, 6.07) is 2.36. The van der Waals surface area contributed by atoms with E-state index in [0.29, 0.717) is 35.5 Å². The van der Waals surface area contributed by atoms with Gasteiger partial charge < -0.3 is 14.9 Å². The molecule has 4 heteroatoms. The molecule has 2 N–H and O–H groups in total. The molecule has 0 amide bonds. The molecule has 0 aromatic heterocycles. The van der Waals surface area contributed by atoms with E-state index in [0.717, 1.165) is 44.9 Å². The molecule has 1 saturated heterocycles. The Balaban J connectivity index is 1.55. The molecule has 3 saturated carbocycles. The van der Waals surface area contributed by atoms with Gasteiger partial charge in [0.05, 0.1) is 28.9 Å². The van der Waals surface area contributed by atoms with Crippen molar-refractivity contribution in [2.75, 3.05) is 0 Å². The van der Waals surface area contributed by atoms with Gasteiger partial charge in [-0.1, -0.05) is 34.6 Å². The largest absolute Gasteiger partial charge is 0.511 e. The fraction of sp³-hybridized carbons (Fsp3) is 0.903. The van der Waals surface area contributed by atoms with Gasteiger partial charge in [0, 0.05) is 5.41 Å². The minimum absolute atomic E-state index is 0.0437. The summed E-state index contributed by atoms with van der Waals surface area (Å²) in [7, 11) is 0. The van der Waals surface area contributed by atoms with Crippen LogP contribution in [0.2, 0.25) is 0 Å². The Morgan fingerprint density at radius 3 is 2.17 bits per heavy atom. The highest BCUT2D eigenvalue weighted by atomic mass is 16.5. The molecule has 0 spiro atoms. The van der Waals surface area contributed by atoms with Crippen molar-refractivity contribution >= 4 is 0 Å². The fourth-order valence-electron chi connectivity index (χ4n) is 11.2. The second-order valence-corrected chi connectivity index (χ2v) is 15.3. The van der Waals surface area contributed by atoms with Crippen molar-refractivity contribution in [3.05, 3.63) is 11.3 Å². The van der Waals surface area contributed by atoms with E-state index in [1.165, 1.54) is 6.42 Å². The Morgan fingerprint density at radius 2 is 1.54 bits per heavy atom. The highest BCUT2D eigenvalue weighted by Crippen LogP contribution is 2.76. The molecule has 0 aromatic carbocycles. The van der Waals surface area contributed by atoms with E-state index in [2.05, 4.69) is 61.5 Å². The molecule has 5 aliphatic rings. The minimum Gasteiger partial charge on any atom is -0.511 e. The summed E-state index contributed by atoms with van der Waals surface area (Å²) in [4.78, 5) is 0. The van der Waals surface area contributed by atoms with E-state index in [-0.39, 0.29) is 39.5 Å². The number of hydrogen-bond donors (Lipinski definition) is 2. The van der Waals surface area contributed by atoms with Crippen molar-refractivity contribution in [1.82, 2.24) is 0 Å². The average molecular weight is 484 g/mol. The minimum atomic E-state index is -0.407. The number of nitrogens with zero attached hydrogens (tertiary/aromatic N) is 1. The third-order valence-corrected chi connectivity index (χ3v) is 12.9. The van der Waals surface area contributed by atoms with E-state index >= 15 is 0 Å². The first-order chi connectivity index (χ1) is 16.1. The van der Waals surface area contributed by atoms with Crippen LogP contribution in [0.25, 0.3) is 0 Å². The lowest BCUT2D eigenvalue weighted by Crippen LogP contribution is -2.66. The molecule has 0 unspecified atom stereocenters. The normalized spacial score (nSPS) is 52.7. The van der Waals surface area contributed by atoms with Crippen LogP contribution < -0.4 is 0 Å². The summed E-state index contributed by atoms with van der Waals surface area (Å²) >= 11 is 0. The summed E-state index contributed by atoms with van der Waals surface area (Å²) in [5.41, 5.74) is -0.0780. The number of aliphatic hydroxyl groups excluding tert-OH is 2. The number of nitriles is 1. The molecule has 196 valence electrons. The van der Waals surface area contributed by atoms with Crippen LogP contribution in [0.1, 0.15) is 113 Å². The van der Waals surface area contributed by atoms with Crippen molar-refractivity contribution in [2.45, 2.75) is 130 Å². The summed E-state index contributed by atoms with van der Waals surface area (Å²) < 4.78 is 6.85. The highest BCUT2D eigenvalue weighted by Gasteiger charge is 2.71. The summed E-state index contributed by atoms with van der Waals surface area (Å²) in [6.07, 6.45) is 8.95. The molecule has 35 heavy (non-hydrogen) atoms. The predicted molar refractivity (Wildman–Crippen MR) is 138 cm³/mol. The molecule has 5 rings (SSSR count). The Labute approximate surface area is 213 Å². The van der Waals surface area contributed by atoms with Crippen molar-refractivity contribution < 1.29 is 14.9 Å². The van der Waals surface area contributed by atoms with Gasteiger partial charge in [0.1, 0.15) is 5.76 Å². The smallest absolute Gasteiger partial charge is 0.112 e. The van der Waals surface area contributed by atoms with E-state index < -0.39 is 5.41 Å². The first-order valence-electron chi connectivity index (χ1n) is 14.3. The molecule has 4 aliphatic carbocycles. The molecule has 4 nitrogen and oxygen atoms in total. The van der Waals surface area contributed by atoms with Crippen molar-refractivity contribution in [2.24, 2.45) is 45.3 Å². The predicted octanol–water partition coefficient (Wildman–Crippen LogP) is 7.33. The fourth-order valence-corrected chi connectivity index (χ4v) is 11.2. The second kappa shape index (κ2) is 7.50. The van der Waals surface area contributed by atoms with Crippen LogP contribution in [0.5, 0.6) is 0 Å². The van der Waals surface area contributed by atoms with Gasteiger partial charge in [-0.05, 0) is 118 Å². The number of fused-ring (bicyclic) bond motifs is 5. The zero-order chi connectivity index (χ0) is 25.8. The zero-order valence-corrected chi connectivity index (χ0v) is 23.5. The molecule has 9 atom stereocenters. The van der Waals surface area contributed by atoms with Gasteiger partial charge >= 0.3 is 0 Å². The maximum absolute atomic E-state index is 12.0. The van der Waals surface area contributed by atoms with Crippen LogP contribution in [-0.2, 0) is 4.74 Å². The average Bonchev–Trinajstić information content (AvgIpc) is 3.13. The Morgan fingerprint density at radius 1 is 0.886 bits per heavy atom. The zero-order valence-electron chi connectivity index (χ0n) is 23.5. The van der Waals surface area contributed by atoms with E-state index in [1.807, 2.05) is 0 Å². The molecule has 0 radical (unpaired) electrons. The molecular weight excluding hydrogens is 434 g/mol. The number of rotatable bonds is 1. The first kappa shape index (κ1) is 25.6. The van der Waals surface area contributed by atoms with Crippen LogP contribution >= 0.6 is 0 Å². The van der Waals surface area contributed by atoms with Gasteiger partial charge in [-0.2, -0.15) is 5.26 Å². The van der Waals surface area contributed by atoms with Crippen molar-refractivity contribution in [1.29, 1.82) is 5.26 Å². The van der Waals surface area contributed by atoms with Gasteiger partial charge in [-0.3, -0.25) is 0 Å². The topological polar surface area (TPSA) is 73.5 Å². The Bertz CT molecular complexity index is 976. The molecule has 1 heterocycles. The highest BCUT2D eigenvalue weighted by molar-refractivity contribution is 5.35. The van der Waals surface area contributed by atoms with Gasteiger partial charge in [-0.15, -0.1) is 0 Å². The third-order valence-electron chi connectivity index (χ3n) is 12.9. The SMILES string of the molecule is CC1(C)CCC[C@](C)([C@H]2CC[C@]3(C)[C@@H]2[C@H](O)C[C@@H]2[C@@]4(C)CC(C#N)=C(O)C(C)(C)[C@@H]4CC[C@]23C)O1. The third kappa shape index (κ3) is 3.22. The summed E-state index contributed by atoms with van der Waals surface area (Å²) in [6.45, 7) is 18.4. The number of ether oxygens (including phenoxy) is 1. The van der Waals surface area contributed by atoms with Crippen LogP contribution in [0.3, 0.4) is 0 Å². The lowest BCUT2D eigenvalue weighted by Gasteiger charge is -2.69. The molecule has 0 bridgehead atoms.